The summed E-state index contributed by atoms with van der Waals surface area (Å²) in [4.78, 5) is 30.4. The van der Waals surface area contributed by atoms with E-state index >= 15 is 0 Å². The summed E-state index contributed by atoms with van der Waals surface area (Å²) in [5.41, 5.74) is 2.68. The number of hydrogen-bond acceptors (Lipinski definition) is 6. The Balaban J connectivity index is 1.87. The van der Waals surface area contributed by atoms with Crippen molar-refractivity contribution in [3.63, 3.8) is 0 Å². The second kappa shape index (κ2) is 10.6. The summed E-state index contributed by atoms with van der Waals surface area (Å²) in [6, 6.07) is 20.6. The Morgan fingerprint density at radius 1 is 0.889 bits per heavy atom. The fourth-order valence-electron chi connectivity index (χ4n) is 4.54. The molecule has 0 bridgehead atoms. The van der Waals surface area contributed by atoms with E-state index in [-0.39, 0.29) is 11.3 Å². The lowest BCUT2D eigenvalue weighted by molar-refractivity contribution is -0.132. The van der Waals surface area contributed by atoms with Crippen LogP contribution in [0.25, 0.3) is 5.76 Å². The molecule has 7 nitrogen and oxygen atoms in total. The van der Waals surface area contributed by atoms with Gasteiger partial charge in [0.25, 0.3) is 11.7 Å². The first-order valence-electron chi connectivity index (χ1n) is 11.9. The van der Waals surface area contributed by atoms with E-state index in [2.05, 4.69) is 18.7 Å². The molecule has 1 aliphatic heterocycles. The smallest absolute Gasteiger partial charge is 0.300 e. The standard InChI is InChI=1S/C29H30N2O5/c1-5-30(6-2)21-12-14-22(15-13-21)31-26(19-10-16-23(35-3)17-11-19)25(28(33)29(31)34)27(32)20-8-7-9-24(18-20)36-4/h7-18,26,32H,5-6H2,1-4H3/b27-25+. The number of ketones is 1. The van der Waals surface area contributed by atoms with Crippen LogP contribution in [0, 0.1) is 0 Å². The van der Waals surface area contributed by atoms with E-state index in [1.165, 1.54) is 12.0 Å². The molecular weight excluding hydrogens is 456 g/mol. The summed E-state index contributed by atoms with van der Waals surface area (Å²) in [7, 11) is 3.10. The van der Waals surface area contributed by atoms with Crippen molar-refractivity contribution in [3.8, 4) is 11.5 Å². The van der Waals surface area contributed by atoms with Crippen LogP contribution < -0.4 is 19.3 Å². The van der Waals surface area contributed by atoms with E-state index in [9.17, 15) is 14.7 Å². The van der Waals surface area contributed by atoms with Crippen LogP contribution in [0.15, 0.2) is 78.4 Å². The van der Waals surface area contributed by atoms with Gasteiger partial charge in [0.05, 0.1) is 25.8 Å². The van der Waals surface area contributed by atoms with Gasteiger partial charge in [-0.3, -0.25) is 14.5 Å². The Bertz CT molecular complexity index is 1280. The lowest BCUT2D eigenvalue weighted by Crippen LogP contribution is -2.29. The van der Waals surface area contributed by atoms with Crippen LogP contribution >= 0.6 is 0 Å². The Morgan fingerprint density at radius 2 is 1.53 bits per heavy atom. The molecule has 1 N–H and O–H groups in total. The molecule has 0 saturated carbocycles. The SMILES string of the molecule is CCN(CC)c1ccc(N2C(=O)C(=O)/C(=C(/O)c3cccc(OC)c3)C2c2ccc(OC)cc2)cc1. The van der Waals surface area contributed by atoms with E-state index in [0.29, 0.717) is 28.3 Å². The molecule has 1 heterocycles. The number of anilines is 2. The molecule has 1 amide bonds. The molecule has 3 aromatic carbocycles. The molecule has 0 aliphatic carbocycles. The lowest BCUT2D eigenvalue weighted by atomic mass is 9.95. The molecule has 1 aliphatic rings. The highest BCUT2D eigenvalue weighted by Crippen LogP contribution is 2.43. The second-order valence-corrected chi connectivity index (χ2v) is 8.36. The van der Waals surface area contributed by atoms with Gasteiger partial charge in [-0.1, -0.05) is 24.3 Å². The van der Waals surface area contributed by atoms with Crippen LogP contribution in [0.3, 0.4) is 0 Å². The van der Waals surface area contributed by atoms with Crippen molar-refractivity contribution < 1.29 is 24.2 Å². The molecule has 7 heteroatoms. The number of nitrogens with zero attached hydrogens (tertiary/aromatic N) is 2. The van der Waals surface area contributed by atoms with Gasteiger partial charge in [-0.15, -0.1) is 0 Å². The molecule has 3 aromatic rings. The number of hydrogen-bond donors (Lipinski definition) is 1. The van der Waals surface area contributed by atoms with Gasteiger partial charge in [-0.25, -0.2) is 0 Å². The summed E-state index contributed by atoms with van der Waals surface area (Å²) in [6.07, 6.45) is 0. The first-order valence-corrected chi connectivity index (χ1v) is 11.9. The number of aliphatic hydroxyl groups is 1. The Hall–Kier alpha value is -4.26. The molecular formula is C29H30N2O5. The minimum absolute atomic E-state index is 0.0197. The number of amides is 1. The number of carbonyl (C=O) groups excluding carboxylic acids is 2. The quantitative estimate of drug-likeness (QED) is 0.269. The minimum Gasteiger partial charge on any atom is -0.507 e. The van der Waals surface area contributed by atoms with Crippen LogP contribution in [-0.4, -0.2) is 44.1 Å². The number of benzene rings is 3. The molecule has 4 rings (SSSR count). The normalized spacial score (nSPS) is 16.8. The molecule has 0 aromatic heterocycles. The van der Waals surface area contributed by atoms with E-state index in [1.807, 2.05) is 24.3 Å². The largest absolute Gasteiger partial charge is 0.507 e. The molecule has 1 fully saturated rings. The zero-order valence-electron chi connectivity index (χ0n) is 20.9. The summed E-state index contributed by atoms with van der Waals surface area (Å²) < 4.78 is 10.6. The fourth-order valence-corrected chi connectivity index (χ4v) is 4.54. The van der Waals surface area contributed by atoms with Gasteiger partial charge >= 0.3 is 0 Å². The Morgan fingerprint density at radius 3 is 2.11 bits per heavy atom. The van der Waals surface area contributed by atoms with Crippen LogP contribution in [0.5, 0.6) is 11.5 Å². The average Bonchev–Trinajstić information content (AvgIpc) is 3.19. The predicted octanol–water partition coefficient (Wildman–Crippen LogP) is 5.18. The molecule has 0 radical (unpaired) electrons. The molecule has 0 spiro atoms. The summed E-state index contributed by atoms with van der Waals surface area (Å²) in [5.74, 6) is -0.525. The van der Waals surface area contributed by atoms with Gasteiger partial charge in [0.15, 0.2) is 0 Å². The number of carbonyl (C=O) groups is 2. The number of Topliss-reactive ketones (excluding diaryl/α,β-unsaturated/α-hetero) is 1. The fraction of sp³-hybridized carbons (Fsp3) is 0.241. The van der Waals surface area contributed by atoms with Crippen molar-refractivity contribution in [2.75, 3.05) is 37.1 Å². The maximum atomic E-state index is 13.4. The lowest BCUT2D eigenvalue weighted by Gasteiger charge is -2.27. The van der Waals surface area contributed by atoms with Crippen LogP contribution in [0.2, 0.25) is 0 Å². The molecule has 1 atom stereocenters. The van der Waals surface area contributed by atoms with E-state index in [4.69, 9.17) is 9.47 Å². The molecule has 186 valence electrons. The van der Waals surface area contributed by atoms with Crippen LogP contribution in [-0.2, 0) is 9.59 Å². The first kappa shape index (κ1) is 24.9. The molecule has 36 heavy (non-hydrogen) atoms. The zero-order valence-corrected chi connectivity index (χ0v) is 20.9. The van der Waals surface area contributed by atoms with E-state index in [0.717, 1.165) is 18.8 Å². The van der Waals surface area contributed by atoms with E-state index < -0.39 is 17.7 Å². The third-order valence-electron chi connectivity index (χ3n) is 6.48. The van der Waals surface area contributed by atoms with Gasteiger partial charge in [0.1, 0.15) is 17.3 Å². The maximum Gasteiger partial charge on any atom is 0.300 e. The van der Waals surface area contributed by atoms with Gasteiger partial charge in [-0.05, 0) is 67.9 Å². The number of aliphatic hydroxyl groups excluding tert-OH is 1. The topological polar surface area (TPSA) is 79.3 Å². The van der Waals surface area contributed by atoms with E-state index in [1.54, 1.807) is 55.6 Å². The number of rotatable bonds is 8. The van der Waals surface area contributed by atoms with Crippen molar-refractivity contribution in [3.05, 3.63) is 89.5 Å². The van der Waals surface area contributed by atoms with Crippen molar-refractivity contribution in [1.29, 1.82) is 0 Å². The monoisotopic (exact) mass is 486 g/mol. The number of methoxy groups -OCH3 is 2. The summed E-state index contributed by atoms with van der Waals surface area (Å²) in [6.45, 7) is 5.87. The third-order valence-corrected chi connectivity index (χ3v) is 6.48. The Labute approximate surface area is 211 Å². The minimum atomic E-state index is -0.818. The maximum absolute atomic E-state index is 13.4. The zero-order chi connectivity index (χ0) is 25.8. The van der Waals surface area contributed by atoms with Gasteiger partial charge in [0, 0.05) is 30.0 Å². The highest BCUT2D eigenvalue weighted by molar-refractivity contribution is 6.51. The second-order valence-electron chi connectivity index (χ2n) is 8.36. The third kappa shape index (κ3) is 4.52. The highest BCUT2D eigenvalue weighted by atomic mass is 16.5. The number of ether oxygens (including phenoxy) is 2. The average molecular weight is 487 g/mol. The van der Waals surface area contributed by atoms with Gasteiger partial charge in [-0.2, -0.15) is 0 Å². The highest BCUT2D eigenvalue weighted by Gasteiger charge is 2.47. The summed E-state index contributed by atoms with van der Waals surface area (Å²) >= 11 is 0. The molecule has 1 saturated heterocycles. The van der Waals surface area contributed by atoms with Crippen molar-refractivity contribution in [1.82, 2.24) is 0 Å². The van der Waals surface area contributed by atoms with Crippen molar-refractivity contribution >= 4 is 28.8 Å². The molecule has 1 unspecified atom stereocenters. The van der Waals surface area contributed by atoms with Crippen molar-refractivity contribution in [2.24, 2.45) is 0 Å². The van der Waals surface area contributed by atoms with Gasteiger partial charge in [0.2, 0.25) is 0 Å². The summed E-state index contributed by atoms with van der Waals surface area (Å²) in [5, 5.41) is 11.3. The predicted molar refractivity (Wildman–Crippen MR) is 141 cm³/mol. The van der Waals surface area contributed by atoms with Crippen LogP contribution in [0.1, 0.15) is 31.0 Å². The van der Waals surface area contributed by atoms with Crippen LogP contribution in [0.4, 0.5) is 11.4 Å². The Kier molecular flexibility index (Phi) is 7.29. The van der Waals surface area contributed by atoms with Gasteiger partial charge < -0.3 is 19.5 Å². The van der Waals surface area contributed by atoms with Crippen molar-refractivity contribution in [2.45, 2.75) is 19.9 Å². The first-order chi connectivity index (χ1) is 17.4.